The van der Waals surface area contributed by atoms with Crippen LogP contribution in [0, 0.1) is 11.8 Å². The maximum absolute atomic E-state index is 13.6. The highest BCUT2D eigenvalue weighted by Crippen LogP contribution is 2.33. The largest absolute Gasteiger partial charge is 0.416 e. The van der Waals surface area contributed by atoms with E-state index >= 15 is 0 Å². The summed E-state index contributed by atoms with van der Waals surface area (Å²) in [7, 11) is 0. The van der Waals surface area contributed by atoms with Crippen LogP contribution >= 0.6 is 0 Å². The first-order valence-corrected chi connectivity index (χ1v) is 15.0. The Labute approximate surface area is 264 Å². The first-order chi connectivity index (χ1) is 21.6. The van der Waals surface area contributed by atoms with Crippen LogP contribution in [0.5, 0.6) is 0 Å². The summed E-state index contributed by atoms with van der Waals surface area (Å²) in [4.78, 5) is 35.2. The van der Waals surface area contributed by atoms with Crippen LogP contribution in [0.3, 0.4) is 0 Å². The number of ketones is 1. The number of pyridine rings is 1. The Morgan fingerprint density at radius 2 is 1.61 bits per heavy atom. The molecule has 0 bridgehead atoms. The monoisotopic (exact) mass is 646 g/mol. The fourth-order valence-corrected chi connectivity index (χ4v) is 4.63. The SMILES string of the molecule is CC(=O)CCC(F)(F)C(C)CCCCC(C)C.Nc1nccn2cnc(-c3ccc(C(=O)Nc4cc(C(F)(F)F)ccn4)cc3)c12. The van der Waals surface area contributed by atoms with Gasteiger partial charge in [-0.1, -0.05) is 52.2 Å². The molecule has 0 radical (unpaired) electrons. The number of imidazole rings is 1. The minimum atomic E-state index is -4.52. The molecule has 1 unspecified atom stereocenters. The fraction of sp³-hybridized carbons (Fsp3) is 0.424. The Balaban J connectivity index is 0.000000292. The molecule has 3 N–H and O–H groups in total. The molecule has 1 amide bonds. The minimum Gasteiger partial charge on any atom is -0.382 e. The molecule has 0 saturated heterocycles. The first-order valence-electron chi connectivity index (χ1n) is 15.0. The number of anilines is 2. The summed E-state index contributed by atoms with van der Waals surface area (Å²) >= 11 is 0. The second-order valence-electron chi connectivity index (χ2n) is 11.7. The zero-order valence-corrected chi connectivity index (χ0v) is 26.2. The van der Waals surface area contributed by atoms with E-state index in [0.717, 1.165) is 37.6 Å². The molecule has 3 aromatic heterocycles. The molecule has 0 aliphatic heterocycles. The topological polar surface area (TPSA) is 115 Å². The Hall–Kier alpha value is -4.42. The van der Waals surface area contributed by atoms with Crippen molar-refractivity contribution in [1.29, 1.82) is 0 Å². The number of halogens is 5. The van der Waals surface area contributed by atoms with Gasteiger partial charge >= 0.3 is 6.18 Å². The molecule has 8 nitrogen and oxygen atoms in total. The molecule has 3 heterocycles. The number of carbonyl (C=O) groups is 2. The van der Waals surface area contributed by atoms with Gasteiger partial charge in [-0.2, -0.15) is 13.2 Å². The lowest BCUT2D eigenvalue weighted by Crippen LogP contribution is -2.26. The number of benzene rings is 1. The average Bonchev–Trinajstić information content (AvgIpc) is 3.44. The van der Waals surface area contributed by atoms with Crippen LogP contribution in [-0.2, 0) is 11.0 Å². The maximum Gasteiger partial charge on any atom is 0.416 e. The van der Waals surface area contributed by atoms with Crippen molar-refractivity contribution in [3.8, 4) is 11.3 Å². The van der Waals surface area contributed by atoms with Crippen molar-refractivity contribution in [3.05, 3.63) is 72.4 Å². The van der Waals surface area contributed by atoms with Crippen molar-refractivity contribution in [2.24, 2.45) is 11.8 Å². The Morgan fingerprint density at radius 1 is 0.935 bits per heavy atom. The van der Waals surface area contributed by atoms with Gasteiger partial charge in [0, 0.05) is 48.5 Å². The highest BCUT2D eigenvalue weighted by Gasteiger charge is 2.35. The van der Waals surface area contributed by atoms with Crippen molar-refractivity contribution >= 4 is 28.8 Å². The maximum atomic E-state index is 13.6. The van der Waals surface area contributed by atoms with Crippen LogP contribution < -0.4 is 11.1 Å². The third-order valence-electron chi connectivity index (χ3n) is 7.43. The number of unbranched alkanes of at least 4 members (excludes halogenated alkanes) is 1. The van der Waals surface area contributed by atoms with E-state index in [1.165, 1.54) is 19.1 Å². The Morgan fingerprint density at radius 3 is 2.24 bits per heavy atom. The zero-order valence-electron chi connectivity index (χ0n) is 26.2. The number of amides is 1. The molecule has 248 valence electrons. The summed E-state index contributed by atoms with van der Waals surface area (Å²) in [6.45, 7) is 7.24. The third-order valence-corrected chi connectivity index (χ3v) is 7.43. The van der Waals surface area contributed by atoms with E-state index in [1.54, 1.807) is 42.2 Å². The van der Waals surface area contributed by atoms with Crippen molar-refractivity contribution in [2.45, 2.75) is 78.3 Å². The van der Waals surface area contributed by atoms with Gasteiger partial charge in [-0.05, 0) is 43.5 Å². The Bertz CT molecular complexity index is 1600. The van der Waals surface area contributed by atoms with Crippen molar-refractivity contribution in [1.82, 2.24) is 19.4 Å². The number of Topliss-reactive ketones (excluding diaryl/α,β-unsaturated/α-hetero) is 1. The number of nitrogens with zero attached hydrogens (tertiary/aromatic N) is 4. The van der Waals surface area contributed by atoms with Crippen molar-refractivity contribution in [2.75, 3.05) is 11.1 Å². The van der Waals surface area contributed by atoms with Gasteiger partial charge < -0.3 is 20.2 Å². The molecule has 0 aliphatic carbocycles. The number of hydrogen-bond donors (Lipinski definition) is 2. The van der Waals surface area contributed by atoms with Crippen LogP contribution in [0.1, 0.15) is 82.1 Å². The third kappa shape index (κ3) is 10.3. The van der Waals surface area contributed by atoms with Gasteiger partial charge in [0.15, 0.2) is 0 Å². The molecule has 13 heteroatoms. The van der Waals surface area contributed by atoms with Gasteiger partial charge in [-0.25, -0.2) is 23.7 Å². The molecule has 1 atom stereocenters. The summed E-state index contributed by atoms with van der Waals surface area (Å²) in [6, 6.07) is 8.03. The number of aromatic nitrogens is 4. The predicted molar refractivity (Wildman–Crippen MR) is 167 cm³/mol. The highest BCUT2D eigenvalue weighted by molar-refractivity contribution is 6.04. The number of rotatable bonds is 12. The van der Waals surface area contributed by atoms with Crippen molar-refractivity contribution in [3.63, 3.8) is 0 Å². The van der Waals surface area contributed by atoms with Crippen LogP contribution in [0.15, 0.2) is 61.3 Å². The highest BCUT2D eigenvalue weighted by atomic mass is 19.4. The van der Waals surface area contributed by atoms with E-state index in [0.29, 0.717) is 34.9 Å². The molecular weight excluding hydrogens is 607 g/mol. The van der Waals surface area contributed by atoms with E-state index < -0.39 is 29.5 Å². The summed E-state index contributed by atoms with van der Waals surface area (Å²) in [5, 5.41) is 2.36. The normalized spacial score (nSPS) is 12.5. The van der Waals surface area contributed by atoms with Crippen LogP contribution in [0.25, 0.3) is 16.8 Å². The lowest BCUT2D eigenvalue weighted by Gasteiger charge is -2.23. The second kappa shape index (κ2) is 15.7. The summed E-state index contributed by atoms with van der Waals surface area (Å²) in [5.74, 6) is -3.28. The van der Waals surface area contributed by atoms with Gasteiger partial charge in [0.1, 0.15) is 29.3 Å². The fourth-order valence-electron chi connectivity index (χ4n) is 4.63. The average molecular weight is 647 g/mol. The Kier molecular flexibility index (Phi) is 12.3. The first kappa shape index (κ1) is 36.1. The van der Waals surface area contributed by atoms with E-state index in [9.17, 15) is 31.5 Å². The lowest BCUT2D eigenvalue weighted by molar-refractivity contribution is -0.137. The number of nitrogens with one attached hydrogen (secondary N) is 1. The summed E-state index contributed by atoms with van der Waals surface area (Å²) in [5.41, 5.74) is 7.23. The molecule has 4 aromatic rings. The van der Waals surface area contributed by atoms with Gasteiger partial charge in [-0.3, -0.25) is 4.79 Å². The summed E-state index contributed by atoms with van der Waals surface area (Å²) < 4.78 is 67.3. The standard InChI is InChI=1S/C19H13F3N6O.C14H26F2O/c20-19(21,22)13-5-6-24-14(9-13)27-18(29)12-3-1-11(2-4-12)15-16-17(23)25-7-8-28(16)10-26-15;1-11(2)7-5-6-8-12(3)14(15,16)10-9-13(4)17/h1-10H,(H2,23,25)(H,24,27,29);11-12H,5-10H2,1-4H3. The van der Waals surface area contributed by atoms with Crippen molar-refractivity contribution < 1.29 is 31.5 Å². The number of nitrogen functional groups attached to an aromatic ring is 1. The molecule has 0 fully saturated rings. The number of alkyl halides is 5. The molecule has 46 heavy (non-hydrogen) atoms. The lowest BCUT2D eigenvalue weighted by atomic mass is 9.92. The van der Waals surface area contributed by atoms with Crippen LogP contribution in [0.4, 0.5) is 33.6 Å². The van der Waals surface area contributed by atoms with E-state index in [2.05, 4.69) is 34.1 Å². The van der Waals surface area contributed by atoms with E-state index in [4.69, 9.17) is 5.73 Å². The molecule has 0 spiro atoms. The van der Waals surface area contributed by atoms with Crippen LogP contribution in [0.2, 0.25) is 0 Å². The van der Waals surface area contributed by atoms with Gasteiger partial charge in [0.05, 0.1) is 11.3 Å². The molecule has 0 aliphatic rings. The van der Waals surface area contributed by atoms with Gasteiger partial charge in [-0.15, -0.1) is 0 Å². The molecule has 4 rings (SSSR count). The molecular formula is C33H39F5N6O2. The molecule has 1 aromatic carbocycles. The number of nitrogens with two attached hydrogens (primary N) is 1. The second-order valence-corrected chi connectivity index (χ2v) is 11.7. The smallest absolute Gasteiger partial charge is 0.382 e. The quantitative estimate of drug-likeness (QED) is 0.118. The van der Waals surface area contributed by atoms with Crippen LogP contribution in [-0.4, -0.2) is 37.0 Å². The predicted octanol–water partition coefficient (Wildman–Crippen LogP) is 8.49. The number of hydrogen-bond acceptors (Lipinski definition) is 6. The van der Waals surface area contributed by atoms with Gasteiger partial charge in [0.2, 0.25) is 0 Å². The number of carbonyl (C=O) groups excluding carboxylic acids is 2. The minimum absolute atomic E-state index is 0.0106. The van der Waals surface area contributed by atoms with E-state index in [1.807, 2.05) is 0 Å². The zero-order chi connectivity index (χ0) is 34.1. The van der Waals surface area contributed by atoms with E-state index in [-0.39, 0.29) is 30.0 Å². The number of fused-ring (bicyclic) bond motifs is 1. The summed E-state index contributed by atoms with van der Waals surface area (Å²) in [6.07, 6.45) is 4.57. The molecule has 0 saturated carbocycles. The van der Waals surface area contributed by atoms with Gasteiger partial charge in [0.25, 0.3) is 11.8 Å².